The van der Waals surface area contributed by atoms with Crippen LogP contribution in [0.1, 0.15) is 22.3 Å². The summed E-state index contributed by atoms with van der Waals surface area (Å²) in [5.41, 5.74) is 7.97. The summed E-state index contributed by atoms with van der Waals surface area (Å²) in [6, 6.07) is 33.4. The fourth-order valence-electron chi connectivity index (χ4n) is 4.83. The molecule has 2 heteroatoms. The van der Waals surface area contributed by atoms with Crippen LogP contribution in [-0.2, 0) is 5.41 Å². The molecule has 128 valence electrons. The van der Waals surface area contributed by atoms with Crippen LogP contribution in [0, 0.1) is 0 Å². The number of benzene rings is 4. The van der Waals surface area contributed by atoms with Gasteiger partial charge in [0.15, 0.2) is 0 Å². The molecule has 0 radical (unpaired) electrons. The van der Waals surface area contributed by atoms with E-state index in [0.29, 0.717) is 0 Å². The monoisotopic (exact) mass is 426 g/mol. The highest BCUT2D eigenvalue weighted by molar-refractivity contribution is 9.10. The van der Waals surface area contributed by atoms with E-state index in [1.165, 1.54) is 43.2 Å². The fraction of sp³-hybridized carbons (Fsp3) is 0.0400. The van der Waals surface area contributed by atoms with Crippen molar-refractivity contribution in [2.24, 2.45) is 0 Å². The van der Waals surface area contributed by atoms with E-state index in [-0.39, 0.29) is 5.41 Å². The lowest BCUT2D eigenvalue weighted by Gasteiger charge is -2.39. The van der Waals surface area contributed by atoms with Gasteiger partial charge in [-0.3, -0.25) is 0 Å². The molecule has 0 nitrogen and oxygen atoms in total. The third-order valence-corrected chi connectivity index (χ3v) is 7.45. The Labute approximate surface area is 171 Å². The van der Waals surface area contributed by atoms with Gasteiger partial charge in [0.1, 0.15) is 0 Å². The van der Waals surface area contributed by atoms with E-state index in [1.54, 1.807) is 0 Å². The number of hydrogen-bond acceptors (Lipinski definition) is 1. The minimum Gasteiger partial charge on any atom is -0.0894 e. The van der Waals surface area contributed by atoms with Crippen LogP contribution in [0.4, 0.5) is 0 Å². The minimum atomic E-state index is -0.256. The van der Waals surface area contributed by atoms with Gasteiger partial charge in [-0.15, -0.1) is 0 Å². The van der Waals surface area contributed by atoms with Crippen LogP contribution in [0.25, 0.3) is 11.1 Å². The lowest BCUT2D eigenvalue weighted by atomic mass is 9.67. The number of halogens is 1. The van der Waals surface area contributed by atoms with Gasteiger partial charge in [0.05, 0.1) is 5.41 Å². The molecule has 1 spiro atoms. The van der Waals surface area contributed by atoms with Crippen LogP contribution < -0.4 is 0 Å². The molecule has 0 atom stereocenters. The van der Waals surface area contributed by atoms with Crippen LogP contribution in [0.15, 0.2) is 105 Å². The predicted molar refractivity (Wildman–Crippen MR) is 116 cm³/mol. The molecule has 2 aliphatic rings. The van der Waals surface area contributed by atoms with E-state index >= 15 is 0 Å². The maximum absolute atomic E-state index is 3.73. The highest BCUT2D eigenvalue weighted by Gasteiger charge is 2.49. The van der Waals surface area contributed by atoms with Crippen LogP contribution in [-0.4, -0.2) is 0 Å². The summed E-state index contributed by atoms with van der Waals surface area (Å²) in [6.07, 6.45) is 0. The first-order valence-corrected chi connectivity index (χ1v) is 10.7. The van der Waals surface area contributed by atoms with Crippen LogP contribution in [0.2, 0.25) is 0 Å². The summed E-state index contributed by atoms with van der Waals surface area (Å²) in [5, 5.41) is 0. The van der Waals surface area contributed by atoms with Crippen molar-refractivity contribution >= 4 is 27.7 Å². The zero-order chi connectivity index (χ0) is 18.0. The average Bonchev–Trinajstić information content (AvgIpc) is 3.01. The van der Waals surface area contributed by atoms with Crippen LogP contribution in [0.5, 0.6) is 0 Å². The molecule has 0 fully saturated rings. The van der Waals surface area contributed by atoms with Crippen LogP contribution >= 0.6 is 27.7 Å². The van der Waals surface area contributed by atoms with Crippen molar-refractivity contribution in [2.75, 3.05) is 0 Å². The molecule has 4 aromatic carbocycles. The first-order valence-electron chi connectivity index (χ1n) is 9.07. The molecular weight excluding hydrogens is 412 g/mol. The van der Waals surface area contributed by atoms with Crippen molar-refractivity contribution in [1.82, 2.24) is 0 Å². The van der Waals surface area contributed by atoms with Gasteiger partial charge in [0.2, 0.25) is 0 Å². The van der Waals surface area contributed by atoms with E-state index in [2.05, 4.69) is 107 Å². The molecule has 0 saturated heterocycles. The lowest BCUT2D eigenvalue weighted by Crippen LogP contribution is -2.31. The van der Waals surface area contributed by atoms with Crippen molar-refractivity contribution in [1.29, 1.82) is 0 Å². The van der Waals surface area contributed by atoms with Crippen molar-refractivity contribution in [3.63, 3.8) is 0 Å². The second kappa shape index (κ2) is 5.60. The summed E-state index contributed by atoms with van der Waals surface area (Å²) < 4.78 is 1.13. The maximum atomic E-state index is 3.73. The van der Waals surface area contributed by atoms with Crippen molar-refractivity contribution < 1.29 is 0 Å². The third-order valence-electron chi connectivity index (χ3n) is 5.81. The molecule has 1 heterocycles. The smallest absolute Gasteiger partial charge is 0.0735 e. The Balaban J connectivity index is 1.86. The molecule has 1 aliphatic heterocycles. The van der Waals surface area contributed by atoms with E-state index in [1.807, 2.05) is 11.8 Å². The highest BCUT2D eigenvalue weighted by Crippen LogP contribution is 2.62. The average molecular weight is 427 g/mol. The quantitative estimate of drug-likeness (QED) is 0.246. The molecule has 0 amide bonds. The molecule has 0 aromatic heterocycles. The molecule has 27 heavy (non-hydrogen) atoms. The van der Waals surface area contributed by atoms with E-state index in [9.17, 15) is 0 Å². The third kappa shape index (κ3) is 1.95. The van der Waals surface area contributed by atoms with E-state index < -0.39 is 0 Å². The van der Waals surface area contributed by atoms with Gasteiger partial charge >= 0.3 is 0 Å². The molecule has 1 aliphatic carbocycles. The number of rotatable bonds is 0. The maximum Gasteiger partial charge on any atom is 0.0735 e. The van der Waals surface area contributed by atoms with Gasteiger partial charge in [0.25, 0.3) is 0 Å². The van der Waals surface area contributed by atoms with E-state index in [4.69, 9.17) is 0 Å². The molecular formula is C25H15BrS. The first kappa shape index (κ1) is 15.7. The standard InChI is InChI=1S/C25H15BrS/c26-16-13-14-24-22(15-16)25(21-11-5-6-12-23(21)27-24)19-9-3-1-7-17(19)18-8-2-4-10-20(18)25/h1-15H. The minimum absolute atomic E-state index is 0.256. The Bertz CT molecular complexity index is 1180. The lowest BCUT2D eigenvalue weighted by molar-refractivity contribution is 0.721. The number of hydrogen-bond donors (Lipinski definition) is 0. The Hall–Kier alpha value is -2.29. The largest absolute Gasteiger partial charge is 0.0894 e. The molecule has 0 unspecified atom stereocenters. The van der Waals surface area contributed by atoms with Crippen molar-refractivity contribution in [2.45, 2.75) is 15.2 Å². The normalized spacial score (nSPS) is 15.0. The zero-order valence-corrected chi connectivity index (χ0v) is 16.8. The Morgan fingerprint density at radius 2 is 1.11 bits per heavy atom. The van der Waals surface area contributed by atoms with Gasteiger partial charge in [-0.25, -0.2) is 0 Å². The fourth-order valence-corrected chi connectivity index (χ4v) is 6.36. The summed E-state index contributed by atoms with van der Waals surface area (Å²) >= 11 is 5.61. The van der Waals surface area contributed by atoms with E-state index in [0.717, 1.165) is 4.47 Å². The SMILES string of the molecule is Brc1ccc2c(c1)C1(c3ccccc3S2)c2ccccc2-c2ccccc21. The molecule has 0 bridgehead atoms. The van der Waals surface area contributed by atoms with Gasteiger partial charge in [-0.1, -0.05) is 94.4 Å². The Morgan fingerprint density at radius 1 is 0.556 bits per heavy atom. The summed E-state index contributed by atoms with van der Waals surface area (Å²) in [4.78, 5) is 2.68. The van der Waals surface area contributed by atoms with Gasteiger partial charge in [-0.05, 0) is 57.6 Å². The van der Waals surface area contributed by atoms with Crippen molar-refractivity contribution in [3.05, 3.63) is 118 Å². The summed E-state index contributed by atoms with van der Waals surface area (Å²) in [6.45, 7) is 0. The van der Waals surface area contributed by atoms with Crippen molar-refractivity contribution in [3.8, 4) is 11.1 Å². The van der Waals surface area contributed by atoms with Gasteiger partial charge in [0, 0.05) is 14.3 Å². The Morgan fingerprint density at radius 3 is 1.81 bits per heavy atom. The Kier molecular flexibility index (Phi) is 3.27. The topological polar surface area (TPSA) is 0 Å². The second-order valence-electron chi connectivity index (χ2n) is 7.08. The molecule has 4 aromatic rings. The highest BCUT2D eigenvalue weighted by atomic mass is 79.9. The van der Waals surface area contributed by atoms with Gasteiger partial charge < -0.3 is 0 Å². The van der Waals surface area contributed by atoms with Gasteiger partial charge in [-0.2, -0.15) is 0 Å². The molecule has 0 saturated carbocycles. The molecule has 0 N–H and O–H groups in total. The second-order valence-corrected chi connectivity index (χ2v) is 9.08. The van der Waals surface area contributed by atoms with Crippen LogP contribution in [0.3, 0.4) is 0 Å². The summed E-state index contributed by atoms with van der Waals surface area (Å²) in [5.74, 6) is 0. The zero-order valence-electron chi connectivity index (χ0n) is 14.4. The predicted octanol–water partition coefficient (Wildman–Crippen LogP) is 7.28. The molecule has 6 rings (SSSR count). The number of fused-ring (bicyclic) bond motifs is 9. The first-order chi connectivity index (χ1) is 13.3. The summed E-state index contributed by atoms with van der Waals surface area (Å²) in [7, 11) is 0.